The molecule has 88 valence electrons. The highest BCUT2D eigenvalue weighted by molar-refractivity contribution is 9.10. The van der Waals surface area contributed by atoms with Gasteiger partial charge in [-0.3, -0.25) is 0 Å². The van der Waals surface area contributed by atoms with Crippen molar-refractivity contribution in [3.05, 3.63) is 21.6 Å². The first-order valence-corrected chi connectivity index (χ1v) is 6.29. The van der Waals surface area contributed by atoms with Crippen LogP contribution in [-0.2, 0) is 4.74 Å². The molecule has 0 bridgehead atoms. The molecule has 1 fully saturated rings. The normalized spacial score (nSPS) is 15.1. The second kappa shape index (κ2) is 5.25. The molecule has 1 saturated carbocycles. The Kier molecular flexibility index (Phi) is 3.95. The van der Waals surface area contributed by atoms with E-state index in [9.17, 15) is 0 Å². The summed E-state index contributed by atoms with van der Waals surface area (Å²) in [4.78, 5) is 0. The van der Waals surface area contributed by atoms with E-state index in [2.05, 4.69) is 15.9 Å². The van der Waals surface area contributed by atoms with Crippen molar-refractivity contribution in [3.63, 3.8) is 0 Å². The Morgan fingerprint density at radius 2 is 2.19 bits per heavy atom. The van der Waals surface area contributed by atoms with E-state index in [1.165, 1.54) is 12.8 Å². The third-order valence-electron chi connectivity index (χ3n) is 2.37. The minimum absolute atomic E-state index is 0.223. The molecule has 0 heterocycles. The number of ether oxygens (including phenoxy) is 2. The van der Waals surface area contributed by atoms with E-state index in [1.807, 2.05) is 0 Å². The summed E-state index contributed by atoms with van der Waals surface area (Å²) in [6.45, 7) is 0.992. The number of halogens is 2. The highest BCUT2D eigenvalue weighted by atomic mass is 79.9. The van der Waals surface area contributed by atoms with Crippen LogP contribution in [0.2, 0.25) is 5.02 Å². The zero-order valence-electron chi connectivity index (χ0n) is 8.71. The number of nitrogens with two attached hydrogens (primary N) is 1. The van der Waals surface area contributed by atoms with Crippen LogP contribution in [0.25, 0.3) is 0 Å². The molecule has 0 aromatic heterocycles. The van der Waals surface area contributed by atoms with Crippen molar-refractivity contribution in [2.45, 2.75) is 12.8 Å². The fourth-order valence-corrected chi connectivity index (χ4v) is 2.28. The van der Waals surface area contributed by atoms with Crippen LogP contribution in [0.15, 0.2) is 16.6 Å². The number of benzene rings is 1. The van der Waals surface area contributed by atoms with Crippen LogP contribution in [0.1, 0.15) is 12.8 Å². The minimum Gasteiger partial charge on any atom is -0.464 e. The molecule has 16 heavy (non-hydrogen) atoms. The average molecular weight is 307 g/mol. The van der Waals surface area contributed by atoms with E-state index >= 15 is 0 Å². The molecule has 1 aromatic carbocycles. The summed E-state index contributed by atoms with van der Waals surface area (Å²) in [5.74, 6) is 1.31. The van der Waals surface area contributed by atoms with E-state index < -0.39 is 0 Å². The molecule has 0 atom stereocenters. The van der Waals surface area contributed by atoms with Gasteiger partial charge in [-0.05, 0) is 46.8 Å². The zero-order valence-corrected chi connectivity index (χ0v) is 11.1. The fraction of sp³-hybridized carbons (Fsp3) is 0.455. The molecule has 1 aliphatic rings. The monoisotopic (exact) mass is 305 g/mol. The van der Waals surface area contributed by atoms with Crippen LogP contribution in [0.5, 0.6) is 5.75 Å². The minimum atomic E-state index is 0.223. The van der Waals surface area contributed by atoms with Gasteiger partial charge in [0.15, 0.2) is 12.5 Å². The Morgan fingerprint density at radius 3 is 2.81 bits per heavy atom. The molecular formula is C11H13BrClNO2. The summed E-state index contributed by atoms with van der Waals surface area (Å²) in [6, 6.07) is 3.40. The molecule has 1 aliphatic carbocycles. The first-order chi connectivity index (χ1) is 7.66. The van der Waals surface area contributed by atoms with Gasteiger partial charge in [0.1, 0.15) is 0 Å². The summed E-state index contributed by atoms with van der Waals surface area (Å²) in [7, 11) is 0. The SMILES string of the molecule is Nc1cc(Cl)cc(Br)c1OCOCC1CC1. The molecule has 0 unspecified atom stereocenters. The predicted molar refractivity (Wildman–Crippen MR) is 67.7 cm³/mol. The lowest BCUT2D eigenvalue weighted by Gasteiger charge is -2.11. The molecule has 0 radical (unpaired) electrons. The second-order valence-electron chi connectivity index (χ2n) is 3.88. The number of nitrogen functional groups attached to an aromatic ring is 1. The summed E-state index contributed by atoms with van der Waals surface area (Å²) >= 11 is 9.18. The molecule has 2 N–H and O–H groups in total. The molecule has 2 rings (SSSR count). The predicted octanol–water partition coefficient (Wildman–Crippen LogP) is 3.45. The molecule has 0 amide bonds. The summed E-state index contributed by atoms with van der Waals surface area (Å²) < 4.78 is 11.6. The smallest absolute Gasteiger partial charge is 0.189 e. The Morgan fingerprint density at radius 1 is 1.44 bits per heavy atom. The van der Waals surface area contributed by atoms with Crippen molar-refractivity contribution < 1.29 is 9.47 Å². The number of hydrogen-bond acceptors (Lipinski definition) is 3. The fourth-order valence-electron chi connectivity index (χ4n) is 1.33. The van der Waals surface area contributed by atoms with Gasteiger partial charge < -0.3 is 15.2 Å². The maximum Gasteiger partial charge on any atom is 0.189 e. The van der Waals surface area contributed by atoms with Crippen LogP contribution in [0.4, 0.5) is 5.69 Å². The quantitative estimate of drug-likeness (QED) is 0.515. The molecule has 1 aromatic rings. The number of hydrogen-bond donors (Lipinski definition) is 1. The molecule has 0 spiro atoms. The first kappa shape index (κ1) is 12.0. The van der Waals surface area contributed by atoms with Crippen LogP contribution in [0.3, 0.4) is 0 Å². The maximum absolute atomic E-state index is 5.84. The van der Waals surface area contributed by atoms with Gasteiger partial charge in [-0.1, -0.05) is 11.6 Å². The Balaban J connectivity index is 1.87. The van der Waals surface area contributed by atoms with E-state index in [0.29, 0.717) is 16.5 Å². The zero-order chi connectivity index (χ0) is 11.5. The van der Waals surface area contributed by atoms with Crippen LogP contribution >= 0.6 is 27.5 Å². The number of rotatable bonds is 5. The lowest BCUT2D eigenvalue weighted by molar-refractivity contribution is 0.00999. The highest BCUT2D eigenvalue weighted by Gasteiger charge is 2.21. The van der Waals surface area contributed by atoms with Gasteiger partial charge in [0, 0.05) is 5.02 Å². The standard InChI is InChI=1S/C11H13BrClNO2/c12-9-3-8(13)4-10(14)11(9)16-6-15-5-7-1-2-7/h3-4,7H,1-2,5-6,14H2. The summed E-state index contributed by atoms with van der Waals surface area (Å²) in [5.41, 5.74) is 6.29. The van der Waals surface area contributed by atoms with Gasteiger partial charge in [-0.25, -0.2) is 0 Å². The maximum atomic E-state index is 5.84. The van der Waals surface area contributed by atoms with Crippen LogP contribution in [0, 0.1) is 5.92 Å². The lowest BCUT2D eigenvalue weighted by atomic mass is 10.3. The van der Waals surface area contributed by atoms with Crippen molar-refractivity contribution >= 4 is 33.2 Å². The average Bonchev–Trinajstić information content (AvgIpc) is 2.98. The van der Waals surface area contributed by atoms with Gasteiger partial charge in [0.05, 0.1) is 16.8 Å². The Bertz CT molecular complexity index is 359. The molecule has 5 heteroatoms. The third-order valence-corrected chi connectivity index (χ3v) is 3.18. The highest BCUT2D eigenvalue weighted by Crippen LogP contribution is 2.34. The largest absolute Gasteiger partial charge is 0.464 e. The van der Waals surface area contributed by atoms with Crippen LogP contribution < -0.4 is 10.5 Å². The molecule has 0 saturated heterocycles. The van der Waals surface area contributed by atoms with E-state index in [-0.39, 0.29) is 6.79 Å². The topological polar surface area (TPSA) is 44.5 Å². The van der Waals surface area contributed by atoms with Gasteiger partial charge in [-0.2, -0.15) is 0 Å². The third kappa shape index (κ3) is 3.27. The van der Waals surface area contributed by atoms with Gasteiger partial charge in [0.25, 0.3) is 0 Å². The molecule has 3 nitrogen and oxygen atoms in total. The van der Waals surface area contributed by atoms with Gasteiger partial charge in [-0.15, -0.1) is 0 Å². The Hall–Kier alpha value is -0.450. The summed E-state index contributed by atoms with van der Waals surface area (Å²) in [6.07, 6.45) is 2.54. The number of anilines is 1. The molecular weight excluding hydrogens is 293 g/mol. The van der Waals surface area contributed by atoms with Crippen molar-refractivity contribution in [2.75, 3.05) is 19.1 Å². The van der Waals surface area contributed by atoms with Crippen molar-refractivity contribution in [3.8, 4) is 5.75 Å². The van der Waals surface area contributed by atoms with Crippen LogP contribution in [-0.4, -0.2) is 13.4 Å². The second-order valence-corrected chi connectivity index (χ2v) is 5.17. The van der Waals surface area contributed by atoms with Crippen molar-refractivity contribution in [1.29, 1.82) is 0 Å². The van der Waals surface area contributed by atoms with Crippen molar-refractivity contribution in [2.24, 2.45) is 5.92 Å². The summed E-state index contributed by atoms with van der Waals surface area (Å²) in [5, 5.41) is 0.579. The van der Waals surface area contributed by atoms with Crippen molar-refractivity contribution in [1.82, 2.24) is 0 Å². The van der Waals surface area contributed by atoms with Gasteiger partial charge in [0.2, 0.25) is 0 Å². The van der Waals surface area contributed by atoms with E-state index in [4.69, 9.17) is 26.8 Å². The Labute approximate surface area is 108 Å². The molecule has 0 aliphatic heterocycles. The van der Waals surface area contributed by atoms with E-state index in [0.717, 1.165) is 17.0 Å². The van der Waals surface area contributed by atoms with E-state index in [1.54, 1.807) is 12.1 Å². The first-order valence-electron chi connectivity index (χ1n) is 5.12. The van der Waals surface area contributed by atoms with Gasteiger partial charge >= 0.3 is 0 Å². The lowest BCUT2D eigenvalue weighted by Crippen LogP contribution is -2.07.